The minimum Gasteiger partial charge on any atom is -0.493 e. The summed E-state index contributed by atoms with van der Waals surface area (Å²) in [7, 11) is 1.66. The summed E-state index contributed by atoms with van der Waals surface area (Å²) in [5, 5.41) is 0.851. The molecule has 0 unspecified atom stereocenters. The van der Waals surface area contributed by atoms with Crippen molar-refractivity contribution in [2.45, 2.75) is 13.3 Å². The van der Waals surface area contributed by atoms with Gasteiger partial charge in [-0.2, -0.15) is 0 Å². The summed E-state index contributed by atoms with van der Waals surface area (Å²) >= 11 is 3.35. The zero-order valence-corrected chi connectivity index (χ0v) is 11.3. The highest BCUT2D eigenvalue weighted by Gasteiger charge is 2.03. The summed E-state index contributed by atoms with van der Waals surface area (Å²) in [6, 6.07) is 5.94. The van der Waals surface area contributed by atoms with Crippen molar-refractivity contribution < 1.29 is 9.47 Å². The summed E-state index contributed by atoms with van der Waals surface area (Å²) in [5.74, 6) is 1.59. The van der Waals surface area contributed by atoms with E-state index in [-0.39, 0.29) is 0 Å². The van der Waals surface area contributed by atoms with E-state index in [9.17, 15) is 0 Å². The van der Waals surface area contributed by atoms with Crippen LogP contribution in [0.2, 0.25) is 0 Å². The number of benzene rings is 1. The molecule has 0 fully saturated rings. The Balaban J connectivity index is 2.83. The van der Waals surface area contributed by atoms with Gasteiger partial charge in [-0.05, 0) is 24.1 Å². The number of methoxy groups -OCH3 is 1. The third kappa shape index (κ3) is 3.89. The second-order valence-corrected chi connectivity index (χ2v) is 3.96. The normalized spacial score (nSPS) is 10.7. The predicted molar refractivity (Wildman–Crippen MR) is 71.6 cm³/mol. The molecule has 16 heavy (non-hydrogen) atoms. The molecule has 0 radical (unpaired) electrons. The quantitative estimate of drug-likeness (QED) is 0.738. The number of ether oxygens (including phenoxy) is 2. The average Bonchev–Trinajstić information content (AvgIpc) is 2.34. The van der Waals surface area contributed by atoms with Crippen LogP contribution in [0.3, 0.4) is 0 Å². The molecule has 0 aliphatic heterocycles. The molecule has 0 spiro atoms. The van der Waals surface area contributed by atoms with Gasteiger partial charge in [-0.3, -0.25) is 0 Å². The first-order chi connectivity index (χ1) is 7.81. The first-order valence-corrected chi connectivity index (χ1v) is 6.47. The molecule has 2 nitrogen and oxygen atoms in total. The molecule has 88 valence electrons. The smallest absolute Gasteiger partial charge is 0.161 e. The Morgan fingerprint density at radius 2 is 2.12 bits per heavy atom. The molecule has 1 rings (SSSR count). The molecule has 0 bridgehead atoms. The van der Waals surface area contributed by atoms with Crippen molar-refractivity contribution in [3.63, 3.8) is 0 Å². The molecule has 0 saturated heterocycles. The lowest BCUT2D eigenvalue weighted by Gasteiger charge is -2.10. The molecule has 0 amide bonds. The SMILES string of the molecule is CCCOc1ccc(C=CCBr)cc1OC. The maximum absolute atomic E-state index is 5.58. The van der Waals surface area contributed by atoms with Crippen LogP contribution in [0.5, 0.6) is 11.5 Å². The lowest BCUT2D eigenvalue weighted by atomic mass is 10.2. The summed E-state index contributed by atoms with van der Waals surface area (Å²) < 4.78 is 10.9. The van der Waals surface area contributed by atoms with Gasteiger partial charge >= 0.3 is 0 Å². The molecule has 0 saturated carbocycles. The van der Waals surface area contributed by atoms with Gasteiger partial charge in [0.1, 0.15) is 0 Å². The van der Waals surface area contributed by atoms with Gasteiger partial charge in [0.25, 0.3) is 0 Å². The van der Waals surface area contributed by atoms with Gasteiger partial charge in [-0.25, -0.2) is 0 Å². The minimum absolute atomic E-state index is 0.715. The fourth-order valence-electron chi connectivity index (χ4n) is 1.30. The van der Waals surface area contributed by atoms with Crippen molar-refractivity contribution in [1.29, 1.82) is 0 Å². The summed E-state index contributed by atoms with van der Waals surface area (Å²) in [5.41, 5.74) is 1.11. The van der Waals surface area contributed by atoms with Crippen LogP contribution < -0.4 is 9.47 Å². The van der Waals surface area contributed by atoms with Crippen LogP contribution in [0.1, 0.15) is 18.9 Å². The van der Waals surface area contributed by atoms with Crippen molar-refractivity contribution in [2.75, 3.05) is 19.0 Å². The van der Waals surface area contributed by atoms with E-state index >= 15 is 0 Å². The number of rotatable bonds is 6. The van der Waals surface area contributed by atoms with Crippen LogP contribution >= 0.6 is 15.9 Å². The van der Waals surface area contributed by atoms with Crippen LogP contribution in [0.4, 0.5) is 0 Å². The van der Waals surface area contributed by atoms with E-state index in [0.717, 1.165) is 28.8 Å². The highest BCUT2D eigenvalue weighted by atomic mass is 79.9. The highest BCUT2D eigenvalue weighted by Crippen LogP contribution is 2.28. The summed E-state index contributed by atoms with van der Waals surface area (Å²) in [4.78, 5) is 0. The van der Waals surface area contributed by atoms with Crippen LogP contribution in [0.25, 0.3) is 6.08 Å². The van der Waals surface area contributed by atoms with Crippen molar-refractivity contribution >= 4 is 22.0 Å². The Hall–Kier alpha value is -0.960. The van der Waals surface area contributed by atoms with E-state index in [2.05, 4.69) is 22.9 Å². The second-order valence-electron chi connectivity index (χ2n) is 3.32. The van der Waals surface area contributed by atoms with Gasteiger partial charge in [-0.15, -0.1) is 0 Å². The van der Waals surface area contributed by atoms with Gasteiger partial charge in [0.2, 0.25) is 0 Å². The summed E-state index contributed by atoms with van der Waals surface area (Å²) in [6.07, 6.45) is 5.08. The monoisotopic (exact) mass is 284 g/mol. The third-order valence-corrected chi connectivity index (χ3v) is 2.42. The fourth-order valence-corrected chi connectivity index (χ4v) is 1.49. The number of allylic oxidation sites excluding steroid dienone is 1. The Kier molecular flexibility index (Phi) is 6.01. The average molecular weight is 285 g/mol. The fraction of sp³-hybridized carbons (Fsp3) is 0.385. The van der Waals surface area contributed by atoms with Crippen LogP contribution in [-0.4, -0.2) is 19.0 Å². The minimum atomic E-state index is 0.715. The van der Waals surface area contributed by atoms with E-state index in [1.807, 2.05) is 30.4 Å². The van der Waals surface area contributed by atoms with E-state index in [4.69, 9.17) is 9.47 Å². The molecular weight excluding hydrogens is 268 g/mol. The summed E-state index contributed by atoms with van der Waals surface area (Å²) in [6.45, 7) is 2.80. The molecule has 0 N–H and O–H groups in total. The van der Waals surface area contributed by atoms with Gasteiger partial charge in [0, 0.05) is 5.33 Å². The number of hydrogen-bond acceptors (Lipinski definition) is 2. The van der Waals surface area contributed by atoms with Crippen LogP contribution in [0, 0.1) is 0 Å². The number of alkyl halides is 1. The van der Waals surface area contributed by atoms with Gasteiger partial charge < -0.3 is 9.47 Å². The molecule has 1 aromatic rings. The molecular formula is C13H17BrO2. The highest BCUT2D eigenvalue weighted by molar-refractivity contribution is 9.09. The second kappa shape index (κ2) is 7.34. The third-order valence-electron chi connectivity index (χ3n) is 2.05. The number of hydrogen-bond donors (Lipinski definition) is 0. The maximum Gasteiger partial charge on any atom is 0.161 e. The zero-order valence-electron chi connectivity index (χ0n) is 9.70. The molecule has 1 aromatic carbocycles. The van der Waals surface area contributed by atoms with Crippen molar-refractivity contribution in [2.24, 2.45) is 0 Å². The molecule has 0 aromatic heterocycles. The number of halogens is 1. The van der Waals surface area contributed by atoms with E-state index in [1.165, 1.54) is 0 Å². The Morgan fingerprint density at radius 3 is 2.75 bits per heavy atom. The van der Waals surface area contributed by atoms with Gasteiger partial charge in [-0.1, -0.05) is 41.1 Å². The Morgan fingerprint density at radius 1 is 1.31 bits per heavy atom. The zero-order chi connectivity index (χ0) is 11.8. The topological polar surface area (TPSA) is 18.5 Å². The van der Waals surface area contributed by atoms with Gasteiger partial charge in [0.15, 0.2) is 11.5 Å². The lowest BCUT2D eigenvalue weighted by molar-refractivity contribution is 0.294. The Bertz CT molecular complexity index is 348. The van der Waals surface area contributed by atoms with Crippen molar-refractivity contribution in [3.8, 4) is 11.5 Å². The Labute approximate surface area is 105 Å². The van der Waals surface area contributed by atoms with Crippen LogP contribution in [0.15, 0.2) is 24.3 Å². The standard InChI is InChI=1S/C13H17BrO2/c1-3-9-16-12-7-6-11(5-4-8-14)10-13(12)15-2/h4-7,10H,3,8-9H2,1-2H3. The molecule has 0 atom stereocenters. The maximum atomic E-state index is 5.58. The van der Waals surface area contributed by atoms with Crippen LogP contribution in [-0.2, 0) is 0 Å². The van der Waals surface area contributed by atoms with E-state index in [0.29, 0.717) is 6.61 Å². The molecule has 0 aliphatic rings. The van der Waals surface area contributed by atoms with Crippen molar-refractivity contribution in [3.05, 3.63) is 29.8 Å². The first kappa shape index (κ1) is 13.1. The predicted octanol–water partition coefficient (Wildman–Crippen LogP) is 3.89. The first-order valence-electron chi connectivity index (χ1n) is 5.35. The molecule has 0 heterocycles. The molecule has 0 aliphatic carbocycles. The van der Waals surface area contributed by atoms with Crippen molar-refractivity contribution in [1.82, 2.24) is 0 Å². The largest absolute Gasteiger partial charge is 0.493 e. The lowest BCUT2D eigenvalue weighted by Crippen LogP contribution is -1.97. The van der Waals surface area contributed by atoms with E-state index in [1.54, 1.807) is 7.11 Å². The molecule has 3 heteroatoms. The van der Waals surface area contributed by atoms with E-state index < -0.39 is 0 Å². The van der Waals surface area contributed by atoms with Gasteiger partial charge in [0.05, 0.1) is 13.7 Å².